The molecule has 5 rings (SSSR count). The number of amides is 2. The van der Waals surface area contributed by atoms with Gasteiger partial charge in [0.05, 0.1) is 12.5 Å². The number of likely N-dealkylation sites (tertiary alicyclic amines) is 1. The maximum absolute atomic E-state index is 14.4. The molecule has 7 nitrogen and oxygen atoms in total. The molecule has 1 saturated carbocycles. The summed E-state index contributed by atoms with van der Waals surface area (Å²) in [5, 5.41) is 11.0. The Labute approximate surface area is 188 Å². The van der Waals surface area contributed by atoms with E-state index in [1.807, 2.05) is 53.8 Å². The van der Waals surface area contributed by atoms with E-state index in [1.54, 1.807) is 0 Å². The van der Waals surface area contributed by atoms with Gasteiger partial charge in [-0.2, -0.15) is 8.78 Å². The number of benzene rings is 2. The number of nitrogens with zero attached hydrogens (tertiary/aromatic N) is 1. The fraction of sp³-hybridized carbons (Fsp3) is 0.375. The second kappa shape index (κ2) is 7.83. The molecule has 33 heavy (non-hydrogen) atoms. The number of halogens is 2. The number of rotatable bonds is 6. The Hall–Kier alpha value is -3.49. The average Bonchev–Trinajstić information content (AvgIpc) is 3.16. The average molecular weight is 456 g/mol. The van der Waals surface area contributed by atoms with Gasteiger partial charge in [0.2, 0.25) is 0 Å². The molecular weight excluding hydrogens is 434 g/mol. The standard InChI is InChI=1S/C24H22F2N2O5/c25-24(26,22(31)28-9-17-18(10-28)20(17)21(29)30)12-27-23(32)33-11-19-15-7-3-1-5-13(15)14-6-2-4-8-16(14)19/h1-8,17-20H,9-12H2,(H,27,32)(H,29,30)/t17-,18+,20?. The van der Waals surface area contributed by atoms with Crippen LogP contribution in [0.2, 0.25) is 0 Å². The minimum Gasteiger partial charge on any atom is -0.481 e. The topological polar surface area (TPSA) is 95.9 Å². The van der Waals surface area contributed by atoms with Crippen molar-refractivity contribution in [3.8, 4) is 11.1 Å². The number of nitrogens with one attached hydrogen (secondary N) is 1. The summed E-state index contributed by atoms with van der Waals surface area (Å²) in [6.45, 7) is -1.20. The van der Waals surface area contributed by atoms with E-state index in [4.69, 9.17) is 9.84 Å². The summed E-state index contributed by atoms with van der Waals surface area (Å²) in [4.78, 5) is 36.3. The number of piperidine rings is 1. The van der Waals surface area contributed by atoms with Gasteiger partial charge in [0.1, 0.15) is 6.61 Å². The molecule has 2 aromatic rings. The van der Waals surface area contributed by atoms with Gasteiger partial charge in [-0.15, -0.1) is 0 Å². The number of alkyl halides is 2. The van der Waals surface area contributed by atoms with Gasteiger partial charge in [-0.05, 0) is 34.1 Å². The quantitative estimate of drug-likeness (QED) is 0.697. The minimum absolute atomic E-state index is 0.000993. The summed E-state index contributed by atoms with van der Waals surface area (Å²) < 4.78 is 34.0. The van der Waals surface area contributed by atoms with Crippen LogP contribution in [0.5, 0.6) is 0 Å². The molecule has 172 valence electrons. The van der Waals surface area contributed by atoms with Gasteiger partial charge in [-0.25, -0.2) is 4.79 Å². The molecule has 0 radical (unpaired) electrons. The maximum atomic E-state index is 14.4. The van der Waals surface area contributed by atoms with Gasteiger partial charge in [0, 0.05) is 19.0 Å². The van der Waals surface area contributed by atoms with E-state index < -0.39 is 36.4 Å². The van der Waals surface area contributed by atoms with Gasteiger partial charge < -0.3 is 20.1 Å². The molecule has 2 fully saturated rings. The van der Waals surface area contributed by atoms with Crippen molar-refractivity contribution >= 4 is 18.0 Å². The van der Waals surface area contributed by atoms with Crippen LogP contribution in [0.25, 0.3) is 11.1 Å². The Morgan fingerprint density at radius 1 is 1.00 bits per heavy atom. The summed E-state index contributed by atoms with van der Waals surface area (Å²) in [6.07, 6.45) is -1.03. The highest BCUT2D eigenvalue weighted by Gasteiger charge is 2.62. The van der Waals surface area contributed by atoms with Crippen molar-refractivity contribution in [2.24, 2.45) is 17.8 Å². The number of aliphatic carboxylic acids is 1. The van der Waals surface area contributed by atoms with E-state index in [0.717, 1.165) is 27.2 Å². The predicted molar refractivity (Wildman–Crippen MR) is 113 cm³/mol. The Balaban J connectivity index is 1.15. The number of carbonyl (C=O) groups is 3. The summed E-state index contributed by atoms with van der Waals surface area (Å²) in [7, 11) is 0. The molecule has 9 heteroatoms. The van der Waals surface area contributed by atoms with Gasteiger partial charge in [0.25, 0.3) is 5.91 Å². The number of carbonyl (C=O) groups excluding carboxylic acids is 2. The number of ether oxygens (including phenoxy) is 1. The van der Waals surface area contributed by atoms with Crippen molar-refractivity contribution in [3.05, 3.63) is 59.7 Å². The Morgan fingerprint density at radius 3 is 2.09 bits per heavy atom. The van der Waals surface area contributed by atoms with Gasteiger partial charge >= 0.3 is 18.0 Å². The Morgan fingerprint density at radius 2 is 1.55 bits per heavy atom. The molecule has 1 heterocycles. The largest absolute Gasteiger partial charge is 0.481 e. The van der Waals surface area contributed by atoms with Crippen molar-refractivity contribution < 1.29 is 33.0 Å². The zero-order valence-electron chi connectivity index (χ0n) is 17.5. The molecule has 2 N–H and O–H groups in total. The van der Waals surface area contributed by atoms with E-state index in [-0.39, 0.29) is 37.5 Å². The van der Waals surface area contributed by atoms with E-state index in [0.29, 0.717) is 0 Å². The number of hydrogen-bond acceptors (Lipinski definition) is 4. The van der Waals surface area contributed by atoms with Crippen LogP contribution in [0.3, 0.4) is 0 Å². The summed E-state index contributed by atoms with van der Waals surface area (Å²) in [5.74, 6) is -7.46. The molecule has 0 bridgehead atoms. The fourth-order valence-electron chi connectivity index (χ4n) is 5.20. The second-order valence-electron chi connectivity index (χ2n) is 8.79. The van der Waals surface area contributed by atoms with Crippen LogP contribution in [0, 0.1) is 17.8 Å². The lowest BCUT2D eigenvalue weighted by Gasteiger charge is -2.25. The van der Waals surface area contributed by atoms with Gasteiger partial charge in [-0.1, -0.05) is 48.5 Å². The highest BCUT2D eigenvalue weighted by Crippen LogP contribution is 2.52. The summed E-state index contributed by atoms with van der Waals surface area (Å²) in [5.41, 5.74) is 4.10. The molecule has 2 amide bonds. The SMILES string of the molecule is O=C(NCC(F)(F)C(=O)N1C[C@@H]2C(C(=O)O)[C@@H]2C1)OCC1c2ccccc2-c2ccccc21. The zero-order chi connectivity index (χ0) is 23.3. The van der Waals surface area contributed by atoms with Crippen molar-refractivity contribution in [2.75, 3.05) is 26.2 Å². The van der Waals surface area contributed by atoms with E-state index in [2.05, 4.69) is 0 Å². The molecular formula is C24H22F2N2O5. The van der Waals surface area contributed by atoms with Crippen LogP contribution in [0.4, 0.5) is 13.6 Å². The first-order valence-corrected chi connectivity index (χ1v) is 10.8. The minimum atomic E-state index is -3.80. The van der Waals surface area contributed by atoms with Crippen LogP contribution in [-0.4, -0.2) is 60.1 Å². The third-order valence-corrected chi connectivity index (χ3v) is 6.88. The molecule has 2 aromatic carbocycles. The van der Waals surface area contributed by atoms with E-state index in [9.17, 15) is 23.2 Å². The van der Waals surface area contributed by atoms with Crippen molar-refractivity contribution in [1.29, 1.82) is 0 Å². The molecule has 2 aliphatic carbocycles. The molecule has 1 unspecified atom stereocenters. The fourth-order valence-corrected chi connectivity index (χ4v) is 5.20. The lowest BCUT2D eigenvalue weighted by atomic mass is 9.98. The number of carboxylic acids is 1. The summed E-state index contributed by atoms with van der Waals surface area (Å²) in [6, 6.07) is 15.5. The lowest BCUT2D eigenvalue weighted by Crippen LogP contribution is -2.50. The molecule has 0 aromatic heterocycles. The molecule has 1 saturated heterocycles. The van der Waals surface area contributed by atoms with E-state index in [1.165, 1.54) is 0 Å². The number of hydrogen-bond donors (Lipinski definition) is 2. The van der Waals surface area contributed by atoms with Gasteiger partial charge in [-0.3, -0.25) is 9.59 Å². The zero-order valence-corrected chi connectivity index (χ0v) is 17.5. The summed E-state index contributed by atoms with van der Waals surface area (Å²) >= 11 is 0. The first-order chi connectivity index (χ1) is 15.8. The molecule has 3 atom stereocenters. The van der Waals surface area contributed by atoms with Crippen LogP contribution >= 0.6 is 0 Å². The van der Waals surface area contributed by atoms with Gasteiger partial charge in [0.15, 0.2) is 0 Å². The van der Waals surface area contributed by atoms with Crippen LogP contribution in [0.1, 0.15) is 17.0 Å². The van der Waals surface area contributed by atoms with Crippen LogP contribution < -0.4 is 5.32 Å². The number of alkyl carbamates (subject to hydrolysis) is 1. The molecule has 1 aliphatic heterocycles. The van der Waals surface area contributed by atoms with Crippen molar-refractivity contribution in [2.45, 2.75) is 11.8 Å². The monoisotopic (exact) mass is 456 g/mol. The van der Waals surface area contributed by atoms with Crippen LogP contribution in [0.15, 0.2) is 48.5 Å². The number of carboxylic acid groups (broad SMARTS) is 1. The lowest BCUT2D eigenvalue weighted by molar-refractivity contribution is -0.156. The number of fused-ring (bicyclic) bond motifs is 4. The molecule has 3 aliphatic rings. The van der Waals surface area contributed by atoms with Crippen molar-refractivity contribution in [1.82, 2.24) is 10.2 Å². The predicted octanol–water partition coefficient (Wildman–Crippen LogP) is 2.95. The second-order valence-corrected chi connectivity index (χ2v) is 8.79. The normalized spacial score (nSPS) is 22.8. The highest BCUT2D eigenvalue weighted by molar-refractivity contribution is 5.86. The Kier molecular flexibility index (Phi) is 5.07. The smallest absolute Gasteiger partial charge is 0.407 e. The van der Waals surface area contributed by atoms with Crippen LogP contribution in [-0.2, 0) is 14.3 Å². The maximum Gasteiger partial charge on any atom is 0.407 e. The first-order valence-electron chi connectivity index (χ1n) is 10.8. The Bertz CT molecular complexity index is 1080. The van der Waals surface area contributed by atoms with E-state index >= 15 is 0 Å². The third-order valence-electron chi connectivity index (χ3n) is 6.88. The highest BCUT2D eigenvalue weighted by atomic mass is 19.3. The molecule has 0 spiro atoms. The third kappa shape index (κ3) is 3.71. The first kappa shape index (κ1) is 21.4. The van der Waals surface area contributed by atoms with Crippen molar-refractivity contribution in [3.63, 3.8) is 0 Å².